The van der Waals surface area contributed by atoms with Gasteiger partial charge in [0.1, 0.15) is 5.82 Å². The van der Waals surface area contributed by atoms with Crippen LogP contribution in [0.5, 0.6) is 0 Å². The van der Waals surface area contributed by atoms with E-state index in [1.807, 2.05) is 71.4 Å². The largest absolute Gasteiger partial charge is 0.466 e. The number of esters is 1. The molecule has 42 heavy (non-hydrogen) atoms. The molecule has 6 nitrogen and oxygen atoms in total. The molecule has 212 valence electrons. The predicted molar refractivity (Wildman–Crippen MR) is 164 cm³/mol. The van der Waals surface area contributed by atoms with Crippen molar-refractivity contribution in [3.8, 4) is 0 Å². The molecule has 5 aromatic rings. The quantitative estimate of drug-likeness (QED) is 0.244. The summed E-state index contributed by atoms with van der Waals surface area (Å²) in [5, 5.41) is 0.951. The number of thiazole rings is 1. The maximum absolute atomic E-state index is 14.5. The van der Waals surface area contributed by atoms with Crippen molar-refractivity contribution in [2.24, 2.45) is 4.99 Å². The van der Waals surface area contributed by atoms with Crippen molar-refractivity contribution >= 4 is 34.3 Å². The average Bonchev–Trinajstić information content (AvgIpc) is 3.49. The van der Waals surface area contributed by atoms with Gasteiger partial charge in [-0.05, 0) is 42.2 Å². The lowest BCUT2D eigenvalue weighted by atomic mass is 9.93. The van der Waals surface area contributed by atoms with E-state index in [2.05, 4.69) is 18.8 Å². The number of fused-ring (bicyclic) bond motifs is 2. The third-order valence-corrected chi connectivity index (χ3v) is 8.73. The lowest BCUT2D eigenvalue weighted by Crippen LogP contribution is -2.39. The zero-order valence-corrected chi connectivity index (χ0v) is 24.6. The van der Waals surface area contributed by atoms with Crippen LogP contribution in [0, 0.1) is 5.82 Å². The van der Waals surface area contributed by atoms with Crippen LogP contribution in [0.2, 0.25) is 0 Å². The monoisotopic (exact) mass is 579 g/mol. The number of aromatic nitrogens is 2. The summed E-state index contributed by atoms with van der Waals surface area (Å²) >= 11 is 1.29. The summed E-state index contributed by atoms with van der Waals surface area (Å²) in [6, 6.07) is 21.9. The van der Waals surface area contributed by atoms with Crippen LogP contribution in [0.25, 0.3) is 17.0 Å². The van der Waals surface area contributed by atoms with E-state index in [0.29, 0.717) is 38.6 Å². The van der Waals surface area contributed by atoms with Crippen LogP contribution in [0.1, 0.15) is 55.0 Å². The standard InChI is InChI=1S/C34H30FN3O3S/c1-20(2)22-13-15-23(16-14-22)31-30(33(40)41-4)21(3)36-34-38(31)32(39)29(42-34)17-25-19-37(28-12-8-6-10-26(25)28)18-24-9-5-7-11-27(24)35/h5-17,19-20,31H,18H2,1-4H3. The summed E-state index contributed by atoms with van der Waals surface area (Å²) in [7, 11) is 1.34. The van der Waals surface area contributed by atoms with E-state index in [-0.39, 0.29) is 11.4 Å². The number of carbonyl (C=O) groups excluding carboxylic acids is 1. The number of ether oxygens (including phenoxy) is 1. The van der Waals surface area contributed by atoms with E-state index in [1.54, 1.807) is 23.6 Å². The molecule has 1 atom stereocenters. The highest BCUT2D eigenvalue weighted by Gasteiger charge is 2.33. The number of allylic oxidation sites excluding steroid dienone is 1. The van der Waals surface area contributed by atoms with Gasteiger partial charge in [-0.3, -0.25) is 9.36 Å². The third-order valence-electron chi connectivity index (χ3n) is 7.75. The minimum Gasteiger partial charge on any atom is -0.466 e. The summed E-state index contributed by atoms with van der Waals surface area (Å²) in [6.45, 7) is 6.37. The molecule has 0 amide bonds. The Kier molecular flexibility index (Phi) is 7.24. The summed E-state index contributed by atoms with van der Waals surface area (Å²) < 4.78 is 23.7. The maximum Gasteiger partial charge on any atom is 0.338 e. The fourth-order valence-corrected chi connectivity index (χ4v) is 6.58. The number of hydrogen-bond donors (Lipinski definition) is 0. The van der Waals surface area contributed by atoms with Gasteiger partial charge < -0.3 is 9.30 Å². The first kappa shape index (κ1) is 27.6. The van der Waals surface area contributed by atoms with Crippen molar-refractivity contribution in [2.45, 2.75) is 39.3 Å². The number of rotatable bonds is 6. The van der Waals surface area contributed by atoms with Gasteiger partial charge in [0.25, 0.3) is 5.56 Å². The number of hydrogen-bond acceptors (Lipinski definition) is 5. The fourth-order valence-electron chi connectivity index (χ4n) is 5.54. The molecule has 0 aliphatic carbocycles. The number of halogens is 1. The van der Waals surface area contributed by atoms with Crippen molar-refractivity contribution in [3.05, 3.63) is 138 Å². The number of carbonyl (C=O) groups is 1. The molecule has 2 aromatic heterocycles. The Morgan fingerprint density at radius 2 is 1.79 bits per heavy atom. The SMILES string of the molecule is COC(=O)C1=C(C)N=c2sc(=Cc3cn(Cc4ccccc4F)c4ccccc34)c(=O)n2C1c1ccc(C(C)C)cc1. The van der Waals surface area contributed by atoms with Crippen molar-refractivity contribution in [1.29, 1.82) is 0 Å². The van der Waals surface area contributed by atoms with Gasteiger partial charge in [-0.15, -0.1) is 0 Å². The molecule has 0 N–H and O–H groups in total. The van der Waals surface area contributed by atoms with Crippen molar-refractivity contribution in [1.82, 2.24) is 9.13 Å². The van der Waals surface area contributed by atoms with Crippen molar-refractivity contribution in [3.63, 3.8) is 0 Å². The molecule has 3 heterocycles. The van der Waals surface area contributed by atoms with E-state index < -0.39 is 12.0 Å². The summed E-state index contributed by atoms with van der Waals surface area (Å²) in [5.41, 5.74) is 4.96. The van der Waals surface area contributed by atoms with Crippen LogP contribution in [0.3, 0.4) is 0 Å². The minimum absolute atomic E-state index is 0.239. The Balaban J connectivity index is 1.51. The second-order valence-corrected chi connectivity index (χ2v) is 11.7. The first-order chi connectivity index (χ1) is 20.3. The first-order valence-electron chi connectivity index (χ1n) is 13.8. The van der Waals surface area contributed by atoms with Crippen LogP contribution >= 0.6 is 11.3 Å². The van der Waals surface area contributed by atoms with Crippen LogP contribution in [0.4, 0.5) is 4.39 Å². The number of methoxy groups -OCH3 is 1. The van der Waals surface area contributed by atoms with Gasteiger partial charge in [-0.2, -0.15) is 0 Å². The smallest absolute Gasteiger partial charge is 0.338 e. The molecule has 1 aliphatic heterocycles. The Morgan fingerprint density at radius 1 is 1.07 bits per heavy atom. The Morgan fingerprint density at radius 3 is 2.50 bits per heavy atom. The molecule has 0 fully saturated rings. The molecule has 0 saturated heterocycles. The van der Waals surface area contributed by atoms with E-state index in [0.717, 1.165) is 22.0 Å². The number of benzene rings is 3. The molecule has 0 radical (unpaired) electrons. The minimum atomic E-state index is -0.667. The third kappa shape index (κ3) is 4.81. The number of nitrogens with zero attached hydrogens (tertiary/aromatic N) is 3. The second-order valence-electron chi connectivity index (χ2n) is 10.7. The first-order valence-corrected chi connectivity index (χ1v) is 14.6. The summed E-state index contributed by atoms with van der Waals surface area (Å²) in [6.07, 6.45) is 3.81. The molecule has 0 bridgehead atoms. The molecule has 1 aliphatic rings. The van der Waals surface area contributed by atoms with Gasteiger partial charge in [-0.1, -0.05) is 85.8 Å². The van der Waals surface area contributed by atoms with E-state index >= 15 is 0 Å². The molecule has 6 rings (SSSR count). The molecule has 0 saturated carbocycles. The molecule has 8 heteroatoms. The molecule has 0 spiro atoms. The Labute approximate surface area is 246 Å². The van der Waals surface area contributed by atoms with Gasteiger partial charge in [0.2, 0.25) is 0 Å². The van der Waals surface area contributed by atoms with Gasteiger partial charge in [0.15, 0.2) is 4.80 Å². The average molecular weight is 580 g/mol. The Bertz CT molecular complexity index is 2050. The molecular formula is C34H30FN3O3S. The summed E-state index contributed by atoms with van der Waals surface area (Å²) in [4.78, 5) is 32.2. The number of para-hydroxylation sites is 1. The normalized spacial score (nSPS) is 15.3. The molecule has 1 unspecified atom stereocenters. The zero-order valence-electron chi connectivity index (χ0n) is 23.8. The topological polar surface area (TPSA) is 65.6 Å². The zero-order chi connectivity index (χ0) is 29.5. The van der Waals surface area contributed by atoms with Crippen LogP contribution in [0.15, 0.2) is 100 Å². The van der Waals surface area contributed by atoms with Crippen LogP contribution in [-0.4, -0.2) is 22.2 Å². The Hall–Kier alpha value is -4.56. The van der Waals surface area contributed by atoms with Crippen molar-refractivity contribution in [2.75, 3.05) is 7.11 Å². The van der Waals surface area contributed by atoms with Gasteiger partial charge in [0, 0.05) is 28.2 Å². The predicted octanol–water partition coefficient (Wildman–Crippen LogP) is 5.67. The highest BCUT2D eigenvalue weighted by atomic mass is 32.1. The lowest BCUT2D eigenvalue weighted by Gasteiger charge is -2.24. The molecule has 3 aromatic carbocycles. The lowest BCUT2D eigenvalue weighted by molar-refractivity contribution is -0.136. The highest BCUT2D eigenvalue weighted by molar-refractivity contribution is 7.07. The second kappa shape index (κ2) is 11.0. The van der Waals surface area contributed by atoms with E-state index in [1.165, 1.54) is 30.1 Å². The maximum atomic E-state index is 14.5. The fraction of sp³-hybridized carbons (Fsp3) is 0.206. The molecular weight excluding hydrogens is 549 g/mol. The highest BCUT2D eigenvalue weighted by Crippen LogP contribution is 2.31. The van der Waals surface area contributed by atoms with Gasteiger partial charge in [0.05, 0.1) is 35.5 Å². The van der Waals surface area contributed by atoms with E-state index in [9.17, 15) is 14.0 Å². The summed E-state index contributed by atoms with van der Waals surface area (Å²) in [5.74, 6) is -0.429. The van der Waals surface area contributed by atoms with Gasteiger partial charge >= 0.3 is 5.97 Å². The van der Waals surface area contributed by atoms with E-state index in [4.69, 9.17) is 4.74 Å². The van der Waals surface area contributed by atoms with Crippen LogP contribution < -0.4 is 14.9 Å². The van der Waals surface area contributed by atoms with Crippen molar-refractivity contribution < 1.29 is 13.9 Å². The van der Waals surface area contributed by atoms with Crippen LogP contribution in [-0.2, 0) is 16.1 Å². The van der Waals surface area contributed by atoms with Gasteiger partial charge in [-0.25, -0.2) is 14.2 Å².